The van der Waals surface area contributed by atoms with E-state index in [0.717, 1.165) is 14.3 Å². The second-order valence-electron chi connectivity index (χ2n) is 14.0. The number of benzene rings is 2. The molecular formula is C33H40Br2N2O10. The highest BCUT2D eigenvalue weighted by atomic mass is 79.9. The summed E-state index contributed by atoms with van der Waals surface area (Å²) in [5.41, 5.74) is -2.14. The smallest absolute Gasteiger partial charge is 0.421 e. The third-order valence-electron chi connectivity index (χ3n) is 7.68. The van der Waals surface area contributed by atoms with Gasteiger partial charge >= 0.3 is 12.2 Å². The summed E-state index contributed by atoms with van der Waals surface area (Å²) in [6, 6.07) is 10.3. The number of fused-ring (bicyclic) bond motifs is 3. The standard InChI is InChI=1S/C18H22BrNO5.C15H18BrNO5/c1-16(2,3)25-15(22)20-13-8-11(19)6-7-12(13)18(14(20)21)9-23-17(4,5)24-10-18;1-14(2,3)22-13(21)17-11-6-9(16)4-5-10(11)15(7-18,8-19)12(17)20/h6-8H,9-10H2,1-5H3;4-6,18-19H,7-8H2,1-3H3. The predicted molar refractivity (Wildman–Crippen MR) is 179 cm³/mol. The monoisotopic (exact) mass is 782 g/mol. The maximum Gasteiger partial charge on any atom is 0.421 e. The van der Waals surface area contributed by atoms with Gasteiger partial charge in [0.25, 0.3) is 11.8 Å². The summed E-state index contributed by atoms with van der Waals surface area (Å²) in [6.45, 7) is 13.1. The van der Waals surface area contributed by atoms with Crippen molar-refractivity contribution in [2.45, 2.75) is 83.2 Å². The predicted octanol–water partition coefficient (Wildman–Crippen LogP) is 5.70. The van der Waals surface area contributed by atoms with Crippen molar-refractivity contribution in [3.05, 3.63) is 56.5 Å². The topological polar surface area (TPSA) is 152 Å². The zero-order valence-electron chi connectivity index (χ0n) is 27.6. The molecule has 2 aromatic carbocycles. The Morgan fingerprint density at radius 2 is 1.17 bits per heavy atom. The quantitative estimate of drug-likeness (QED) is 0.388. The molecule has 0 bridgehead atoms. The Balaban J connectivity index is 0.000000215. The van der Waals surface area contributed by atoms with Crippen molar-refractivity contribution in [1.82, 2.24) is 0 Å². The number of anilines is 2. The number of halogens is 2. The first-order chi connectivity index (χ1) is 21.6. The fraction of sp³-hybridized carbons (Fsp3) is 0.515. The van der Waals surface area contributed by atoms with Crippen LogP contribution in [0.2, 0.25) is 0 Å². The molecule has 2 aromatic rings. The van der Waals surface area contributed by atoms with Crippen LogP contribution in [0.3, 0.4) is 0 Å². The van der Waals surface area contributed by atoms with Gasteiger partial charge in [-0.1, -0.05) is 44.0 Å². The first-order valence-corrected chi connectivity index (χ1v) is 16.4. The summed E-state index contributed by atoms with van der Waals surface area (Å²) in [7, 11) is 0. The van der Waals surface area contributed by atoms with Gasteiger partial charge in [0.2, 0.25) is 0 Å². The lowest BCUT2D eigenvalue weighted by Crippen LogP contribution is -2.55. The van der Waals surface area contributed by atoms with Crippen molar-refractivity contribution in [2.75, 3.05) is 36.2 Å². The maximum absolute atomic E-state index is 13.2. The Bertz CT molecular complexity index is 1580. The fourth-order valence-corrected chi connectivity index (χ4v) is 6.05. The normalized spacial score (nSPS) is 19.1. The number of nitrogens with zero attached hydrogens (tertiary/aromatic N) is 2. The molecule has 0 aromatic heterocycles. The number of carbonyl (C=O) groups is 4. The minimum Gasteiger partial charge on any atom is -0.443 e. The number of imide groups is 2. The number of hydrogen-bond donors (Lipinski definition) is 2. The molecule has 0 saturated carbocycles. The number of aliphatic hydroxyl groups excluding tert-OH is 2. The van der Waals surface area contributed by atoms with E-state index in [4.69, 9.17) is 18.9 Å². The first kappa shape index (κ1) is 36.9. The molecule has 14 heteroatoms. The van der Waals surface area contributed by atoms with Crippen molar-refractivity contribution < 1.29 is 48.3 Å². The van der Waals surface area contributed by atoms with Crippen molar-refractivity contribution in [1.29, 1.82) is 0 Å². The molecule has 3 heterocycles. The molecule has 12 nitrogen and oxygen atoms in total. The summed E-state index contributed by atoms with van der Waals surface area (Å²) >= 11 is 6.69. The van der Waals surface area contributed by atoms with Crippen LogP contribution < -0.4 is 9.80 Å². The molecule has 1 fully saturated rings. The molecule has 0 aliphatic carbocycles. The van der Waals surface area contributed by atoms with Gasteiger partial charge in [-0.3, -0.25) is 9.59 Å². The second-order valence-corrected chi connectivity index (χ2v) is 15.9. The maximum atomic E-state index is 13.2. The van der Waals surface area contributed by atoms with Crippen molar-refractivity contribution in [3.63, 3.8) is 0 Å². The van der Waals surface area contributed by atoms with E-state index < -0.39 is 59.1 Å². The van der Waals surface area contributed by atoms with Gasteiger partial charge in [-0.05, 0) is 90.8 Å². The van der Waals surface area contributed by atoms with Crippen LogP contribution >= 0.6 is 31.9 Å². The van der Waals surface area contributed by atoms with Crippen LogP contribution in [-0.4, -0.2) is 77.6 Å². The van der Waals surface area contributed by atoms with E-state index in [1.165, 1.54) is 0 Å². The Hall–Kier alpha value is -2.88. The molecular weight excluding hydrogens is 744 g/mol. The highest BCUT2D eigenvalue weighted by Crippen LogP contribution is 2.47. The van der Waals surface area contributed by atoms with Gasteiger partial charge in [-0.2, -0.15) is 0 Å². The molecule has 0 atom stereocenters. The number of carbonyl (C=O) groups excluding carboxylic acids is 4. The molecule has 1 spiro atoms. The van der Waals surface area contributed by atoms with Crippen molar-refractivity contribution in [3.8, 4) is 0 Å². The molecule has 3 aliphatic heterocycles. The third kappa shape index (κ3) is 7.13. The van der Waals surface area contributed by atoms with Crippen molar-refractivity contribution >= 4 is 67.2 Å². The number of hydrogen-bond acceptors (Lipinski definition) is 10. The van der Waals surface area contributed by atoms with Crippen LogP contribution in [0.4, 0.5) is 21.0 Å². The summed E-state index contributed by atoms with van der Waals surface area (Å²) in [4.78, 5) is 52.9. The van der Waals surface area contributed by atoms with E-state index in [9.17, 15) is 29.4 Å². The minimum atomic E-state index is -1.53. The Labute approximate surface area is 290 Å². The van der Waals surface area contributed by atoms with E-state index in [2.05, 4.69) is 31.9 Å². The lowest BCUT2D eigenvalue weighted by molar-refractivity contribution is -0.264. The molecule has 1 saturated heterocycles. The van der Waals surface area contributed by atoms with Gasteiger partial charge in [-0.25, -0.2) is 19.4 Å². The Morgan fingerprint density at radius 3 is 1.60 bits per heavy atom. The zero-order valence-corrected chi connectivity index (χ0v) is 30.8. The zero-order chi connectivity index (χ0) is 35.3. The van der Waals surface area contributed by atoms with Gasteiger partial charge in [0.1, 0.15) is 22.0 Å². The highest BCUT2D eigenvalue weighted by Gasteiger charge is 2.57. The first-order valence-electron chi connectivity index (χ1n) is 14.9. The summed E-state index contributed by atoms with van der Waals surface area (Å²) in [5, 5.41) is 19.3. The molecule has 2 N–H and O–H groups in total. The molecule has 0 radical (unpaired) electrons. The van der Waals surface area contributed by atoms with Gasteiger partial charge in [0, 0.05) is 8.95 Å². The molecule has 4 amide bonds. The van der Waals surface area contributed by atoms with Gasteiger partial charge < -0.3 is 29.2 Å². The van der Waals surface area contributed by atoms with Crippen LogP contribution in [0.1, 0.15) is 66.5 Å². The fourth-order valence-electron chi connectivity index (χ4n) is 5.36. The molecule has 256 valence electrons. The van der Waals surface area contributed by atoms with E-state index in [0.29, 0.717) is 27.0 Å². The average molecular weight is 784 g/mol. The Kier molecular flexibility index (Phi) is 10.1. The Morgan fingerprint density at radius 1 is 0.766 bits per heavy atom. The highest BCUT2D eigenvalue weighted by molar-refractivity contribution is 9.10. The molecule has 3 aliphatic rings. The van der Waals surface area contributed by atoms with E-state index in [1.807, 2.05) is 12.1 Å². The van der Waals surface area contributed by atoms with E-state index in [1.54, 1.807) is 79.7 Å². The lowest BCUT2D eigenvalue weighted by atomic mass is 9.82. The number of aliphatic hydroxyl groups is 2. The number of rotatable bonds is 2. The van der Waals surface area contributed by atoms with Gasteiger partial charge in [0.05, 0.1) is 37.8 Å². The number of ether oxygens (including phenoxy) is 4. The third-order valence-corrected chi connectivity index (χ3v) is 8.67. The average Bonchev–Trinajstić information content (AvgIpc) is 3.32. The van der Waals surface area contributed by atoms with Crippen LogP contribution in [-0.2, 0) is 39.4 Å². The minimum absolute atomic E-state index is 0.146. The van der Waals surface area contributed by atoms with Crippen LogP contribution in [0, 0.1) is 0 Å². The second kappa shape index (κ2) is 12.9. The SMILES string of the molecule is CC(C)(C)OC(=O)N1C(=O)C(CO)(CO)c2ccc(Br)cc21.CC(C)(C)OC(=O)N1C(=O)C2(COC(C)(C)OC2)c2ccc(Br)cc21. The lowest BCUT2D eigenvalue weighted by Gasteiger charge is -2.40. The van der Waals surface area contributed by atoms with E-state index in [-0.39, 0.29) is 19.1 Å². The molecule has 5 rings (SSSR count). The number of amides is 4. The molecule has 0 unspecified atom stereocenters. The summed E-state index contributed by atoms with van der Waals surface area (Å²) in [6.07, 6.45) is -1.53. The summed E-state index contributed by atoms with van der Waals surface area (Å²) < 4.78 is 23.6. The van der Waals surface area contributed by atoms with E-state index >= 15 is 0 Å². The van der Waals surface area contributed by atoms with Crippen LogP contribution in [0.25, 0.3) is 0 Å². The molecule has 47 heavy (non-hydrogen) atoms. The van der Waals surface area contributed by atoms with Gasteiger partial charge in [0.15, 0.2) is 5.79 Å². The van der Waals surface area contributed by atoms with Gasteiger partial charge in [-0.15, -0.1) is 0 Å². The van der Waals surface area contributed by atoms with Crippen LogP contribution in [0.5, 0.6) is 0 Å². The summed E-state index contributed by atoms with van der Waals surface area (Å²) in [5.74, 6) is -1.84. The van der Waals surface area contributed by atoms with Crippen LogP contribution in [0.15, 0.2) is 45.3 Å². The van der Waals surface area contributed by atoms with Crippen molar-refractivity contribution in [2.24, 2.45) is 0 Å². The largest absolute Gasteiger partial charge is 0.443 e.